The number of benzene rings is 3. The van der Waals surface area contributed by atoms with Gasteiger partial charge in [-0.05, 0) is 30.2 Å². The molecule has 0 aliphatic heterocycles. The van der Waals surface area contributed by atoms with Gasteiger partial charge >= 0.3 is 6.09 Å². The van der Waals surface area contributed by atoms with Gasteiger partial charge in [0, 0.05) is 12.0 Å². The molecule has 0 radical (unpaired) electrons. The Labute approximate surface area is 176 Å². The molecule has 0 saturated heterocycles. The van der Waals surface area contributed by atoms with Crippen LogP contribution in [0.25, 0.3) is 0 Å². The van der Waals surface area contributed by atoms with E-state index in [9.17, 15) is 9.59 Å². The molecule has 0 aliphatic carbocycles. The van der Waals surface area contributed by atoms with Gasteiger partial charge in [-0.2, -0.15) is 4.99 Å². The fourth-order valence-corrected chi connectivity index (χ4v) is 3.18. The highest BCUT2D eigenvalue weighted by molar-refractivity contribution is 6.06. The van der Waals surface area contributed by atoms with Crippen LogP contribution in [0.1, 0.15) is 39.5 Å². The average Bonchev–Trinajstić information content (AvgIpc) is 2.79. The maximum absolute atomic E-state index is 12.9. The molecule has 3 aromatic rings. The summed E-state index contributed by atoms with van der Waals surface area (Å²) < 4.78 is 4.75. The number of aryl methyl sites for hydroxylation is 1. The SMILES string of the molecule is COC(=O)/N=C(/C[C@H](NC(=O)c1ccccc1)c1cccc(C)c1)c1ccccc1. The molecule has 1 N–H and O–H groups in total. The van der Waals surface area contributed by atoms with Gasteiger partial charge in [-0.3, -0.25) is 4.79 Å². The number of carbonyl (C=O) groups is 2. The number of nitrogens with one attached hydrogen (secondary N) is 1. The molecule has 152 valence electrons. The number of rotatable bonds is 6. The van der Waals surface area contributed by atoms with E-state index in [1.165, 1.54) is 7.11 Å². The first-order chi connectivity index (χ1) is 14.6. The predicted octanol–water partition coefficient (Wildman–Crippen LogP) is 5.11. The van der Waals surface area contributed by atoms with Crippen LogP contribution in [-0.4, -0.2) is 24.8 Å². The molecule has 3 aromatic carbocycles. The van der Waals surface area contributed by atoms with E-state index in [1.54, 1.807) is 12.1 Å². The highest BCUT2D eigenvalue weighted by Crippen LogP contribution is 2.22. The first-order valence-corrected chi connectivity index (χ1v) is 9.70. The lowest BCUT2D eigenvalue weighted by atomic mass is 9.95. The minimum atomic E-state index is -0.675. The van der Waals surface area contributed by atoms with Gasteiger partial charge < -0.3 is 10.1 Å². The zero-order chi connectivity index (χ0) is 21.3. The van der Waals surface area contributed by atoms with Crippen molar-refractivity contribution in [3.8, 4) is 0 Å². The number of amides is 2. The van der Waals surface area contributed by atoms with Crippen molar-refractivity contribution in [2.24, 2.45) is 4.99 Å². The lowest BCUT2D eigenvalue weighted by Crippen LogP contribution is -2.30. The smallest absolute Gasteiger partial charge is 0.433 e. The molecule has 0 spiro atoms. The highest BCUT2D eigenvalue weighted by atomic mass is 16.5. The van der Waals surface area contributed by atoms with Gasteiger partial charge in [0.2, 0.25) is 0 Å². The Balaban J connectivity index is 1.96. The fourth-order valence-electron chi connectivity index (χ4n) is 3.18. The Hall–Kier alpha value is -3.73. The number of hydrogen-bond donors (Lipinski definition) is 1. The molecule has 0 aromatic heterocycles. The number of ether oxygens (including phenoxy) is 1. The van der Waals surface area contributed by atoms with E-state index in [0.717, 1.165) is 16.7 Å². The van der Waals surface area contributed by atoms with Crippen molar-refractivity contribution in [3.63, 3.8) is 0 Å². The fraction of sp³-hybridized carbons (Fsp3) is 0.160. The van der Waals surface area contributed by atoms with Gasteiger partial charge in [0.05, 0.1) is 18.9 Å². The van der Waals surface area contributed by atoms with Crippen LogP contribution in [-0.2, 0) is 4.74 Å². The Bertz CT molecular complexity index is 1030. The van der Waals surface area contributed by atoms with Crippen molar-refractivity contribution >= 4 is 17.7 Å². The monoisotopic (exact) mass is 400 g/mol. The zero-order valence-electron chi connectivity index (χ0n) is 17.0. The van der Waals surface area contributed by atoms with Crippen LogP contribution in [0, 0.1) is 6.92 Å². The quantitative estimate of drug-likeness (QED) is 0.585. The van der Waals surface area contributed by atoms with Gasteiger partial charge in [0.15, 0.2) is 0 Å². The van der Waals surface area contributed by atoms with Gasteiger partial charge in [0.1, 0.15) is 0 Å². The second kappa shape index (κ2) is 10.2. The van der Waals surface area contributed by atoms with E-state index >= 15 is 0 Å². The molecular formula is C25H24N2O3. The van der Waals surface area contributed by atoms with Crippen LogP contribution in [0.5, 0.6) is 0 Å². The third-order valence-corrected chi connectivity index (χ3v) is 4.69. The van der Waals surface area contributed by atoms with Crippen molar-refractivity contribution in [3.05, 3.63) is 107 Å². The Kier molecular flexibility index (Phi) is 7.11. The van der Waals surface area contributed by atoms with Crippen LogP contribution < -0.4 is 5.32 Å². The summed E-state index contributed by atoms with van der Waals surface area (Å²) in [5, 5.41) is 3.10. The molecule has 0 saturated carbocycles. The lowest BCUT2D eigenvalue weighted by Gasteiger charge is -2.21. The standard InChI is InChI=1S/C25H24N2O3/c1-18-10-9-15-21(16-18)23(26-24(28)20-13-7-4-8-14-20)17-22(27-25(29)30-2)19-11-5-3-6-12-19/h3-16,23H,17H2,1-2H3,(H,26,28)/b27-22-/t23-/m0/s1. The van der Waals surface area contributed by atoms with Gasteiger partial charge in [-0.25, -0.2) is 4.79 Å². The average molecular weight is 400 g/mol. The van der Waals surface area contributed by atoms with Crippen molar-refractivity contribution in [1.82, 2.24) is 5.32 Å². The number of aliphatic imine (C=N–C) groups is 1. The maximum atomic E-state index is 12.9. The summed E-state index contributed by atoms with van der Waals surface area (Å²) in [5.41, 5.74) is 3.93. The van der Waals surface area contributed by atoms with E-state index in [4.69, 9.17) is 4.74 Å². The summed E-state index contributed by atoms with van der Waals surface area (Å²) in [6.45, 7) is 2.00. The zero-order valence-corrected chi connectivity index (χ0v) is 17.0. The highest BCUT2D eigenvalue weighted by Gasteiger charge is 2.20. The molecule has 3 rings (SSSR count). The molecule has 5 nitrogen and oxygen atoms in total. The molecule has 2 amide bonds. The van der Waals surface area contributed by atoms with Crippen LogP contribution in [0.3, 0.4) is 0 Å². The topological polar surface area (TPSA) is 67.8 Å². The van der Waals surface area contributed by atoms with Crippen LogP contribution in [0.2, 0.25) is 0 Å². The molecule has 0 aliphatic rings. The lowest BCUT2D eigenvalue weighted by molar-refractivity contribution is 0.0938. The second-order valence-corrected chi connectivity index (χ2v) is 6.90. The van der Waals surface area contributed by atoms with Crippen molar-refractivity contribution in [2.75, 3.05) is 7.11 Å². The summed E-state index contributed by atoms with van der Waals surface area (Å²) in [5.74, 6) is -0.187. The van der Waals surface area contributed by atoms with Gasteiger partial charge in [-0.15, -0.1) is 0 Å². The summed E-state index contributed by atoms with van der Waals surface area (Å²) in [6, 6.07) is 26.0. The van der Waals surface area contributed by atoms with Crippen molar-refractivity contribution < 1.29 is 14.3 Å². The normalized spacial score (nSPS) is 12.1. The third-order valence-electron chi connectivity index (χ3n) is 4.69. The number of nitrogens with zero attached hydrogens (tertiary/aromatic N) is 1. The molecule has 0 bridgehead atoms. The number of methoxy groups -OCH3 is 1. The summed E-state index contributed by atoms with van der Waals surface area (Å²) in [4.78, 5) is 28.9. The molecule has 30 heavy (non-hydrogen) atoms. The van der Waals surface area contributed by atoms with E-state index in [0.29, 0.717) is 17.7 Å². The largest absolute Gasteiger partial charge is 0.451 e. The third kappa shape index (κ3) is 5.64. The molecule has 0 unspecified atom stereocenters. The maximum Gasteiger partial charge on any atom is 0.433 e. The number of hydrogen-bond acceptors (Lipinski definition) is 3. The second-order valence-electron chi connectivity index (χ2n) is 6.90. The first-order valence-electron chi connectivity index (χ1n) is 9.70. The Morgan fingerprint density at radius 1 is 0.900 bits per heavy atom. The van der Waals surface area contributed by atoms with Gasteiger partial charge in [-0.1, -0.05) is 78.4 Å². The molecule has 5 heteroatoms. The Morgan fingerprint density at radius 2 is 1.53 bits per heavy atom. The van der Waals surface area contributed by atoms with Crippen LogP contribution in [0.4, 0.5) is 4.79 Å². The minimum Gasteiger partial charge on any atom is -0.451 e. The van der Waals surface area contributed by atoms with E-state index in [-0.39, 0.29) is 11.9 Å². The van der Waals surface area contributed by atoms with Gasteiger partial charge in [0.25, 0.3) is 5.91 Å². The van der Waals surface area contributed by atoms with Crippen LogP contribution >= 0.6 is 0 Å². The molecule has 0 heterocycles. The molecule has 1 atom stereocenters. The minimum absolute atomic E-state index is 0.187. The molecule has 0 fully saturated rings. The summed E-state index contributed by atoms with van der Waals surface area (Å²) in [6.07, 6.45) is -0.340. The van der Waals surface area contributed by atoms with E-state index in [2.05, 4.69) is 10.3 Å². The molecular weight excluding hydrogens is 376 g/mol. The summed E-state index contributed by atoms with van der Waals surface area (Å²) >= 11 is 0. The van der Waals surface area contributed by atoms with Crippen molar-refractivity contribution in [2.45, 2.75) is 19.4 Å². The first kappa shape index (κ1) is 21.0. The summed E-state index contributed by atoms with van der Waals surface area (Å²) in [7, 11) is 1.30. The number of carbonyl (C=O) groups excluding carboxylic acids is 2. The van der Waals surface area contributed by atoms with E-state index in [1.807, 2.05) is 79.7 Å². The predicted molar refractivity (Wildman–Crippen MR) is 118 cm³/mol. The van der Waals surface area contributed by atoms with Crippen molar-refractivity contribution in [1.29, 1.82) is 0 Å². The van der Waals surface area contributed by atoms with Crippen LogP contribution in [0.15, 0.2) is 89.9 Å². The van der Waals surface area contributed by atoms with E-state index < -0.39 is 6.09 Å². The Morgan fingerprint density at radius 3 is 2.13 bits per heavy atom.